The third kappa shape index (κ3) is 22.1. The molecule has 0 saturated carbocycles. The van der Waals surface area contributed by atoms with E-state index in [1.54, 1.807) is 24.3 Å². The Morgan fingerprint density at radius 3 is 0.687 bits per heavy atom. The molecule has 99 heavy (non-hydrogen) atoms. The number of benzene rings is 10. The maximum atomic E-state index is 13.8. The number of esters is 4. The van der Waals surface area contributed by atoms with E-state index < -0.39 is 58.4 Å². The number of aromatic hydroxyl groups is 6. The van der Waals surface area contributed by atoms with Gasteiger partial charge in [-0.2, -0.15) is 0 Å². The molecule has 11 rings (SSSR count). The lowest BCUT2D eigenvalue weighted by Gasteiger charge is -2.19. The number of hydrogen-bond donors (Lipinski definition) is 6. The number of phenols is 6. The third-order valence-corrected chi connectivity index (χ3v) is 14.5. The van der Waals surface area contributed by atoms with E-state index >= 15 is 0 Å². The SMILES string of the molecule is C1CCOC1.O=C(OCCOC(=O)c1cc(O)c(O)c(O)c1)c1cc(O)c(O)c(O)c1.O=C(OCCOC(=O)c1cc(OCc2ccccc2)c(OCc2ccccc2)c(OCc2ccccc2)c1)c1cc(OCc2ccccc2)c(OCc2ccccc2)c(OCc2ccccc2)c1. The molecule has 0 spiro atoms. The van der Waals surface area contributed by atoms with Crippen LogP contribution in [0.4, 0.5) is 0 Å². The zero-order chi connectivity index (χ0) is 69.6. The minimum atomic E-state index is -0.952. The number of carbonyl (C=O) groups is 4. The number of rotatable bonds is 28. The van der Waals surface area contributed by atoms with Crippen molar-refractivity contribution < 1.29 is 102 Å². The molecule has 10 aromatic rings. The van der Waals surface area contributed by atoms with Gasteiger partial charge in [-0.3, -0.25) is 0 Å². The molecular formula is C78H72O21. The summed E-state index contributed by atoms with van der Waals surface area (Å²) in [6.45, 7) is 2.02. The fourth-order valence-electron chi connectivity index (χ4n) is 9.33. The molecule has 0 unspecified atom stereocenters. The summed E-state index contributed by atoms with van der Waals surface area (Å²) >= 11 is 0. The molecule has 0 atom stereocenters. The van der Waals surface area contributed by atoms with Crippen molar-refractivity contribution in [1.29, 1.82) is 0 Å². The lowest BCUT2D eigenvalue weighted by atomic mass is 10.1. The van der Waals surface area contributed by atoms with Crippen LogP contribution in [-0.4, -0.2) is 94.2 Å². The van der Waals surface area contributed by atoms with Crippen molar-refractivity contribution in [2.24, 2.45) is 0 Å². The molecule has 0 bridgehead atoms. The highest BCUT2D eigenvalue weighted by Crippen LogP contribution is 2.43. The van der Waals surface area contributed by atoms with Crippen LogP contribution in [0.5, 0.6) is 69.0 Å². The zero-order valence-electron chi connectivity index (χ0n) is 53.6. The van der Waals surface area contributed by atoms with Gasteiger partial charge < -0.3 is 82.7 Å². The van der Waals surface area contributed by atoms with Crippen molar-refractivity contribution in [1.82, 2.24) is 0 Å². The molecule has 0 aliphatic carbocycles. The van der Waals surface area contributed by atoms with Crippen LogP contribution in [-0.2, 0) is 63.3 Å². The number of phenolic OH excluding ortho intramolecular Hbond substituents is 6. The van der Waals surface area contributed by atoms with E-state index in [4.69, 9.17) is 52.1 Å². The molecule has 1 aliphatic rings. The van der Waals surface area contributed by atoms with Gasteiger partial charge in [0.2, 0.25) is 11.5 Å². The topological polar surface area (TPSA) is 291 Å². The van der Waals surface area contributed by atoms with Crippen LogP contribution in [0.25, 0.3) is 0 Å². The highest BCUT2D eigenvalue weighted by Gasteiger charge is 2.24. The smallest absolute Gasteiger partial charge is 0.338 e. The average Bonchev–Trinajstić information content (AvgIpc) is 1.72. The monoisotopic (exact) mass is 1340 g/mol. The van der Waals surface area contributed by atoms with E-state index in [9.17, 15) is 49.8 Å². The highest BCUT2D eigenvalue weighted by atomic mass is 16.6. The van der Waals surface area contributed by atoms with Crippen LogP contribution in [0.3, 0.4) is 0 Å². The van der Waals surface area contributed by atoms with Crippen molar-refractivity contribution in [3.63, 3.8) is 0 Å². The minimum absolute atomic E-state index is 0.154. The second-order valence-electron chi connectivity index (χ2n) is 21.8. The number of ether oxygens (including phenoxy) is 11. The molecule has 1 saturated heterocycles. The van der Waals surface area contributed by atoms with Gasteiger partial charge in [0.15, 0.2) is 57.5 Å². The van der Waals surface area contributed by atoms with Gasteiger partial charge in [-0.05, 0) is 94.8 Å². The third-order valence-electron chi connectivity index (χ3n) is 14.5. The Labute approximate surface area is 570 Å². The van der Waals surface area contributed by atoms with Gasteiger partial charge in [0.05, 0.1) is 22.3 Å². The summed E-state index contributed by atoms with van der Waals surface area (Å²) in [6, 6.07) is 68.0. The van der Waals surface area contributed by atoms with Crippen molar-refractivity contribution >= 4 is 23.9 Å². The van der Waals surface area contributed by atoms with Gasteiger partial charge in [-0.25, -0.2) is 19.2 Å². The van der Waals surface area contributed by atoms with E-state index in [0.29, 0.717) is 34.5 Å². The van der Waals surface area contributed by atoms with Gasteiger partial charge in [0.25, 0.3) is 0 Å². The summed E-state index contributed by atoms with van der Waals surface area (Å²) in [5, 5.41) is 55.7. The van der Waals surface area contributed by atoms with Crippen LogP contribution in [0.15, 0.2) is 231 Å². The standard InChI is InChI=1S/C58H50O10.C16H14O10.C4H8O/c59-57(49-33-51(63-37-43-19-7-1-8-20-43)55(67-41-47-27-15-5-16-28-47)52(34-49)64-38-44-21-9-2-10-22-44)61-31-32-62-58(60)50-35-53(65-39-45-23-11-3-12-24-45)56(68-42-48-29-17-6-18-30-48)54(36-50)66-40-46-25-13-4-14-26-46;17-9-3-7(4-10(18)13(9)21)15(23)25-1-2-26-16(24)8-5-11(19)14(22)12(20)6-8;1-2-4-5-3-1/h1-30,33-36H,31-32,37-42H2;3-6,17-22H,1-2H2;1-4H2. The van der Waals surface area contributed by atoms with E-state index in [-0.39, 0.29) is 88.3 Å². The Morgan fingerprint density at radius 1 is 0.283 bits per heavy atom. The molecule has 1 fully saturated rings. The number of hydrogen-bond acceptors (Lipinski definition) is 21. The first kappa shape index (κ1) is 70.9. The van der Waals surface area contributed by atoms with Gasteiger partial charge in [0.1, 0.15) is 66.1 Å². The second kappa shape index (κ2) is 37.1. The largest absolute Gasteiger partial charge is 0.504 e. The van der Waals surface area contributed by atoms with Gasteiger partial charge >= 0.3 is 23.9 Å². The van der Waals surface area contributed by atoms with Gasteiger partial charge in [-0.1, -0.05) is 182 Å². The van der Waals surface area contributed by atoms with Crippen molar-refractivity contribution in [2.75, 3.05) is 39.6 Å². The molecule has 10 aromatic carbocycles. The summed E-state index contributed by atoms with van der Waals surface area (Å²) < 4.78 is 64.0. The Bertz CT molecular complexity index is 3760. The first-order valence-electron chi connectivity index (χ1n) is 31.4. The van der Waals surface area contributed by atoms with Crippen molar-refractivity contribution in [3.8, 4) is 69.0 Å². The van der Waals surface area contributed by atoms with E-state index in [2.05, 4.69) is 0 Å². The van der Waals surface area contributed by atoms with Gasteiger partial charge in [0, 0.05) is 13.2 Å². The summed E-state index contributed by atoms with van der Waals surface area (Å²) in [5.41, 5.74) is 5.38. The highest BCUT2D eigenvalue weighted by molar-refractivity contribution is 5.93. The van der Waals surface area contributed by atoms with Gasteiger partial charge in [-0.15, -0.1) is 0 Å². The molecule has 0 aromatic heterocycles. The van der Waals surface area contributed by atoms with Crippen molar-refractivity contribution in [3.05, 3.63) is 286 Å². The molecule has 1 heterocycles. The van der Waals surface area contributed by atoms with Crippen LogP contribution >= 0.6 is 0 Å². The summed E-state index contributed by atoms with van der Waals surface area (Å²) in [7, 11) is 0. The predicted octanol–water partition coefficient (Wildman–Crippen LogP) is 13.9. The van der Waals surface area contributed by atoms with Crippen molar-refractivity contribution in [2.45, 2.75) is 52.5 Å². The Kier molecular flexibility index (Phi) is 26.6. The lowest BCUT2D eigenvalue weighted by molar-refractivity contribution is 0.0264. The Balaban J connectivity index is 0.000000304. The molecule has 1 aliphatic heterocycles. The normalized spacial score (nSPS) is 11.2. The Hall–Kier alpha value is -12.4. The summed E-state index contributed by atoms with van der Waals surface area (Å²) in [5.74, 6) is -5.84. The molecule has 21 nitrogen and oxygen atoms in total. The van der Waals surface area contributed by atoms with E-state index in [1.807, 2.05) is 182 Å². The summed E-state index contributed by atoms with van der Waals surface area (Å²) in [6.07, 6.45) is 2.56. The molecule has 21 heteroatoms. The molecular weight excluding hydrogens is 1270 g/mol. The average molecular weight is 1350 g/mol. The van der Waals surface area contributed by atoms with Crippen LogP contribution in [0, 0.1) is 0 Å². The zero-order valence-corrected chi connectivity index (χ0v) is 53.6. The Morgan fingerprint density at radius 2 is 0.485 bits per heavy atom. The second-order valence-corrected chi connectivity index (χ2v) is 21.8. The maximum absolute atomic E-state index is 13.8. The van der Waals surface area contributed by atoms with E-state index in [1.165, 1.54) is 12.8 Å². The maximum Gasteiger partial charge on any atom is 0.338 e. The molecule has 0 radical (unpaired) electrons. The molecule has 0 amide bonds. The molecule has 6 N–H and O–H groups in total. The minimum Gasteiger partial charge on any atom is -0.504 e. The molecule has 510 valence electrons. The first-order chi connectivity index (χ1) is 48.2. The van der Waals surface area contributed by atoms with Crippen LogP contribution in [0.1, 0.15) is 87.7 Å². The first-order valence-corrected chi connectivity index (χ1v) is 31.4. The van der Waals surface area contributed by atoms with Crippen LogP contribution < -0.4 is 28.4 Å². The van der Waals surface area contributed by atoms with Crippen LogP contribution in [0.2, 0.25) is 0 Å². The van der Waals surface area contributed by atoms with E-state index in [0.717, 1.165) is 70.9 Å². The fraction of sp³-hybridized carbons (Fsp3) is 0.179. The summed E-state index contributed by atoms with van der Waals surface area (Å²) in [4.78, 5) is 51.1. The lowest BCUT2D eigenvalue weighted by Crippen LogP contribution is -2.15. The predicted molar refractivity (Wildman–Crippen MR) is 362 cm³/mol. The quantitative estimate of drug-likeness (QED) is 0.0115. The number of carbonyl (C=O) groups excluding carboxylic acids is 4. The fourth-order valence-corrected chi connectivity index (χ4v) is 9.33.